The number of hydrogen-bond donors (Lipinski definition) is 0. The average molecular weight is 347 g/mol. The third-order valence-electron chi connectivity index (χ3n) is 2.98. The molecule has 0 aliphatic carbocycles. The molecule has 0 saturated carbocycles. The van der Waals surface area contributed by atoms with Crippen LogP contribution in [0, 0.1) is 6.92 Å². The van der Waals surface area contributed by atoms with Crippen LogP contribution < -0.4 is 0 Å². The minimum Gasteiger partial charge on any atom is -0.321 e. The first kappa shape index (κ1) is 14.1. The molecule has 0 unspecified atom stereocenters. The smallest absolute Gasteiger partial charge is 0.125 e. The molecule has 0 radical (unpaired) electrons. The molecule has 104 valence electrons. The van der Waals surface area contributed by atoms with Gasteiger partial charge in [-0.15, -0.1) is 22.9 Å². The highest BCUT2D eigenvalue weighted by Gasteiger charge is 2.13. The van der Waals surface area contributed by atoms with Crippen LogP contribution in [-0.4, -0.2) is 14.5 Å². The Balaban J connectivity index is 2.14. The van der Waals surface area contributed by atoms with Crippen LogP contribution in [0.1, 0.15) is 16.5 Å². The second-order valence-corrected chi connectivity index (χ2v) is 6.50. The molecule has 7 heteroatoms. The van der Waals surface area contributed by atoms with E-state index in [1.165, 1.54) is 0 Å². The lowest BCUT2D eigenvalue weighted by atomic mass is 10.3. The topological polar surface area (TPSA) is 30.7 Å². The summed E-state index contributed by atoms with van der Waals surface area (Å²) in [7, 11) is 0. The van der Waals surface area contributed by atoms with Crippen LogP contribution in [0.25, 0.3) is 11.0 Å². The van der Waals surface area contributed by atoms with Gasteiger partial charge >= 0.3 is 0 Å². The third-order valence-corrected chi connectivity index (χ3v) is 4.76. The summed E-state index contributed by atoms with van der Waals surface area (Å²) in [5, 5.41) is 4.08. The molecule has 0 fully saturated rings. The van der Waals surface area contributed by atoms with Gasteiger partial charge in [0.15, 0.2) is 0 Å². The van der Waals surface area contributed by atoms with E-state index < -0.39 is 0 Å². The van der Waals surface area contributed by atoms with E-state index in [0.29, 0.717) is 22.5 Å². The van der Waals surface area contributed by atoms with Gasteiger partial charge in [0.05, 0.1) is 44.2 Å². The number of nitrogens with zero attached hydrogens (tertiary/aromatic N) is 3. The van der Waals surface area contributed by atoms with Crippen molar-refractivity contribution in [3.05, 3.63) is 44.1 Å². The molecule has 0 aliphatic heterocycles. The molecule has 0 amide bonds. The monoisotopic (exact) mass is 345 g/mol. The van der Waals surface area contributed by atoms with Gasteiger partial charge in [-0.05, 0) is 19.1 Å². The molecule has 3 aromatic rings. The predicted molar refractivity (Wildman–Crippen MR) is 85.3 cm³/mol. The molecular formula is C13H10Cl3N3S. The Morgan fingerprint density at radius 3 is 2.60 bits per heavy atom. The number of imidazole rings is 1. The fraction of sp³-hybridized carbons (Fsp3) is 0.231. The molecule has 3 nitrogen and oxygen atoms in total. The lowest BCUT2D eigenvalue weighted by molar-refractivity contribution is 0.761. The molecule has 0 N–H and O–H groups in total. The van der Waals surface area contributed by atoms with Crippen LogP contribution in [-0.2, 0) is 12.4 Å². The molecule has 0 aliphatic rings. The number of aryl methyl sites for hydroxylation is 1. The number of thiazole rings is 1. The van der Waals surface area contributed by atoms with Crippen LogP contribution >= 0.6 is 46.1 Å². The summed E-state index contributed by atoms with van der Waals surface area (Å²) in [5.41, 5.74) is 2.70. The molecular weight excluding hydrogens is 337 g/mol. The zero-order valence-electron chi connectivity index (χ0n) is 10.5. The number of alkyl halides is 1. The van der Waals surface area contributed by atoms with E-state index in [9.17, 15) is 0 Å². The Morgan fingerprint density at radius 1 is 1.20 bits per heavy atom. The molecule has 0 spiro atoms. The maximum Gasteiger partial charge on any atom is 0.125 e. The summed E-state index contributed by atoms with van der Waals surface area (Å²) < 4.78 is 2.03. The Bertz CT molecular complexity index is 779. The van der Waals surface area contributed by atoms with Gasteiger partial charge in [0, 0.05) is 5.38 Å². The van der Waals surface area contributed by atoms with Gasteiger partial charge in [0.25, 0.3) is 0 Å². The summed E-state index contributed by atoms with van der Waals surface area (Å²) in [6.07, 6.45) is 0. The third kappa shape index (κ3) is 2.53. The van der Waals surface area contributed by atoms with Gasteiger partial charge in [-0.3, -0.25) is 0 Å². The van der Waals surface area contributed by atoms with Crippen LogP contribution in [0.4, 0.5) is 0 Å². The van der Waals surface area contributed by atoms with Crippen molar-refractivity contribution in [1.82, 2.24) is 14.5 Å². The molecule has 2 aromatic heterocycles. The average Bonchev–Trinajstić information content (AvgIpc) is 2.96. The van der Waals surface area contributed by atoms with Gasteiger partial charge < -0.3 is 4.57 Å². The van der Waals surface area contributed by atoms with Crippen molar-refractivity contribution in [1.29, 1.82) is 0 Å². The fourth-order valence-corrected chi connectivity index (χ4v) is 3.21. The normalized spacial score (nSPS) is 11.4. The Kier molecular flexibility index (Phi) is 3.91. The van der Waals surface area contributed by atoms with Crippen molar-refractivity contribution in [2.75, 3.05) is 0 Å². The van der Waals surface area contributed by atoms with E-state index in [1.807, 2.05) is 22.9 Å². The molecule has 1 aromatic carbocycles. The maximum atomic E-state index is 6.10. The van der Waals surface area contributed by atoms with Crippen molar-refractivity contribution in [2.45, 2.75) is 19.3 Å². The molecule has 3 rings (SSSR count). The lowest BCUT2D eigenvalue weighted by Crippen LogP contribution is -2.04. The second kappa shape index (κ2) is 5.53. The number of aromatic nitrogens is 3. The zero-order chi connectivity index (χ0) is 14.3. The minimum atomic E-state index is 0.326. The van der Waals surface area contributed by atoms with E-state index in [2.05, 4.69) is 9.97 Å². The maximum absolute atomic E-state index is 6.10. The van der Waals surface area contributed by atoms with Gasteiger partial charge in [-0.25, -0.2) is 9.97 Å². The zero-order valence-corrected chi connectivity index (χ0v) is 13.6. The minimum absolute atomic E-state index is 0.326. The van der Waals surface area contributed by atoms with Gasteiger partial charge in [-0.2, -0.15) is 0 Å². The Labute approximate surface area is 135 Å². The predicted octanol–water partition coefficient (Wildman–Crippen LogP) is 4.90. The number of hydrogen-bond acceptors (Lipinski definition) is 3. The van der Waals surface area contributed by atoms with Crippen molar-refractivity contribution < 1.29 is 0 Å². The number of benzene rings is 1. The highest BCUT2D eigenvalue weighted by atomic mass is 35.5. The van der Waals surface area contributed by atoms with Crippen LogP contribution in [0.15, 0.2) is 17.5 Å². The SMILES string of the molecule is Cc1nc(Cn2c(CCl)nc3cc(Cl)c(Cl)cc32)cs1. The van der Waals surface area contributed by atoms with Gasteiger partial charge in [0.2, 0.25) is 0 Å². The molecule has 20 heavy (non-hydrogen) atoms. The number of fused-ring (bicyclic) bond motifs is 1. The van der Waals surface area contributed by atoms with E-state index in [-0.39, 0.29) is 0 Å². The standard InChI is InChI=1S/C13H10Cl3N3S/c1-7-17-8(6-20-7)5-19-12-3-10(16)9(15)2-11(12)18-13(19)4-14/h2-3,6H,4-5H2,1H3. The summed E-state index contributed by atoms with van der Waals surface area (Å²) in [6, 6.07) is 3.58. The van der Waals surface area contributed by atoms with Crippen molar-refractivity contribution >= 4 is 57.2 Å². The fourth-order valence-electron chi connectivity index (χ4n) is 2.09. The first-order chi connectivity index (χ1) is 9.58. The van der Waals surface area contributed by atoms with Crippen molar-refractivity contribution in [3.63, 3.8) is 0 Å². The summed E-state index contributed by atoms with van der Waals surface area (Å²) in [5.74, 6) is 1.11. The van der Waals surface area contributed by atoms with Crippen LogP contribution in [0.5, 0.6) is 0 Å². The Hall–Kier alpha value is -0.810. The molecule has 0 saturated heterocycles. The quantitative estimate of drug-likeness (QED) is 0.632. The van der Waals surface area contributed by atoms with E-state index in [4.69, 9.17) is 34.8 Å². The second-order valence-electron chi connectivity index (χ2n) is 4.36. The van der Waals surface area contributed by atoms with Crippen LogP contribution in [0.3, 0.4) is 0 Å². The van der Waals surface area contributed by atoms with Crippen molar-refractivity contribution in [2.24, 2.45) is 0 Å². The van der Waals surface area contributed by atoms with Crippen LogP contribution in [0.2, 0.25) is 10.0 Å². The van der Waals surface area contributed by atoms with E-state index in [0.717, 1.165) is 27.6 Å². The van der Waals surface area contributed by atoms with Gasteiger partial charge in [0.1, 0.15) is 5.82 Å². The highest BCUT2D eigenvalue weighted by molar-refractivity contribution is 7.09. The summed E-state index contributed by atoms with van der Waals surface area (Å²) in [6.45, 7) is 2.61. The summed E-state index contributed by atoms with van der Waals surface area (Å²) in [4.78, 5) is 8.98. The lowest BCUT2D eigenvalue weighted by Gasteiger charge is -2.06. The van der Waals surface area contributed by atoms with E-state index in [1.54, 1.807) is 17.4 Å². The Morgan fingerprint density at radius 2 is 1.95 bits per heavy atom. The van der Waals surface area contributed by atoms with Crippen molar-refractivity contribution in [3.8, 4) is 0 Å². The highest BCUT2D eigenvalue weighted by Crippen LogP contribution is 2.29. The molecule has 0 bridgehead atoms. The number of rotatable bonds is 3. The first-order valence-electron chi connectivity index (χ1n) is 5.89. The first-order valence-corrected chi connectivity index (χ1v) is 8.06. The number of halogens is 3. The van der Waals surface area contributed by atoms with Gasteiger partial charge in [-0.1, -0.05) is 23.2 Å². The molecule has 0 atom stereocenters. The largest absolute Gasteiger partial charge is 0.321 e. The summed E-state index contributed by atoms with van der Waals surface area (Å²) >= 11 is 19.7. The molecule has 2 heterocycles. The van der Waals surface area contributed by atoms with E-state index >= 15 is 0 Å².